The van der Waals surface area contributed by atoms with E-state index in [0.717, 1.165) is 25.7 Å². The van der Waals surface area contributed by atoms with Gasteiger partial charge in [0.1, 0.15) is 12.8 Å². The normalized spacial score (nSPS) is 16.4. The van der Waals surface area contributed by atoms with E-state index < -0.39 is 0 Å². The molecule has 2 aromatic rings. The van der Waals surface area contributed by atoms with Crippen LogP contribution in [0, 0.1) is 17.2 Å². The first kappa shape index (κ1) is 32.1. The zero-order chi connectivity index (χ0) is 31.1. The molecule has 1 saturated carbocycles. The Labute approximate surface area is 258 Å². The lowest BCUT2D eigenvalue weighted by Gasteiger charge is -2.33. The first-order valence-electron chi connectivity index (χ1n) is 15.0. The molecule has 0 radical (unpaired) electrons. The Kier molecular flexibility index (Phi) is 10.9. The number of anilines is 2. The molecule has 0 bridgehead atoms. The molecule has 0 aromatic heterocycles. The van der Waals surface area contributed by atoms with Crippen LogP contribution in [-0.4, -0.2) is 77.7 Å². The first-order valence-corrected chi connectivity index (χ1v) is 15.4. The molecule has 2 aliphatic rings. The summed E-state index contributed by atoms with van der Waals surface area (Å²) in [6.45, 7) is 7.80. The number of hydrogen-bond donors (Lipinski definition) is 3. The third kappa shape index (κ3) is 8.39. The molecule has 1 aliphatic heterocycles. The van der Waals surface area contributed by atoms with Crippen molar-refractivity contribution in [1.29, 1.82) is 5.26 Å². The van der Waals surface area contributed by atoms with Crippen LogP contribution >= 0.6 is 11.6 Å². The van der Waals surface area contributed by atoms with Gasteiger partial charge in [-0.25, -0.2) is 4.79 Å². The van der Waals surface area contributed by atoms with E-state index >= 15 is 0 Å². The van der Waals surface area contributed by atoms with Gasteiger partial charge >= 0.3 is 6.03 Å². The van der Waals surface area contributed by atoms with E-state index in [1.54, 1.807) is 46.2 Å². The maximum Gasteiger partial charge on any atom is 0.321 e. The average molecular weight is 609 g/mol. The standard InChI is InChI=1S/C32H41ClN6O4/c1-4-37(18-22-7-8-22)31(42)27-16-25(11-12-29(27)39(20-40)21(2)3)36-32(43)38-13-5-6-26(19-38)35-30(41)15-23-9-10-24(17-34)28(33)14-23/h9-12,14,16,21-22,26,40H,4-8,13,15,18-20H2,1-3H3,(H,35,41)(H,36,43). The number of piperidine rings is 1. The van der Waals surface area contributed by atoms with Crippen LogP contribution in [0.25, 0.3) is 0 Å². The Balaban J connectivity index is 1.43. The third-order valence-electron chi connectivity index (χ3n) is 8.00. The number of nitrogens with zero attached hydrogens (tertiary/aromatic N) is 4. The fraction of sp³-hybridized carbons (Fsp3) is 0.500. The molecule has 1 saturated heterocycles. The molecule has 2 fully saturated rings. The number of aliphatic hydroxyl groups excluding tert-OH is 1. The number of carbonyl (C=O) groups is 3. The highest BCUT2D eigenvalue weighted by Gasteiger charge is 2.30. The molecule has 4 rings (SSSR count). The molecule has 1 unspecified atom stereocenters. The molecule has 4 amide bonds. The molecule has 10 nitrogen and oxygen atoms in total. The summed E-state index contributed by atoms with van der Waals surface area (Å²) in [5, 5.41) is 25.4. The Hall–Kier alpha value is -3.81. The van der Waals surface area contributed by atoms with Gasteiger partial charge in [0.05, 0.1) is 28.3 Å². The van der Waals surface area contributed by atoms with Crippen LogP contribution in [0.1, 0.15) is 67.9 Å². The van der Waals surface area contributed by atoms with Crippen LogP contribution in [0.5, 0.6) is 0 Å². The predicted octanol–water partition coefficient (Wildman–Crippen LogP) is 4.60. The van der Waals surface area contributed by atoms with Gasteiger partial charge in [0.25, 0.3) is 5.91 Å². The number of nitrogens with one attached hydrogen (secondary N) is 2. The van der Waals surface area contributed by atoms with E-state index in [9.17, 15) is 19.5 Å². The van der Waals surface area contributed by atoms with Gasteiger partial charge in [0.2, 0.25) is 5.91 Å². The molecule has 1 atom stereocenters. The predicted molar refractivity (Wildman–Crippen MR) is 167 cm³/mol. The number of halogens is 1. The highest BCUT2D eigenvalue weighted by Crippen LogP contribution is 2.32. The van der Waals surface area contributed by atoms with Crippen LogP contribution < -0.4 is 15.5 Å². The zero-order valence-corrected chi connectivity index (χ0v) is 25.9. The number of likely N-dealkylation sites (tertiary alicyclic amines) is 1. The highest BCUT2D eigenvalue weighted by molar-refractivity contribution is 6.31. The maximum absolute atomic E-state index is 13.7. The molecule has 2 aromatic carbocycles. The molecule has 1 heterocycles. The Morgan fingerprint density at radius 3 is 2.56 bits per heavy atom. The van der Waals surface area contributed by atoms with Crippen molar-refractivity contribution < 1.29 is 19.5 Å². The van der Waals surface area contributed by atoms with Crippen molar-refractivity contribution in [2.45, 2.75) is 65.0 Å². The molecule has 230 valence electrons. The largest absolute Gasteiger partial charge is 0.376 e. The third-order valence-corrected chi connectivity index (χ3v) is 8.31. The molecule has 1 aliphatic carbocycles. The minimum Gasteiger partial charge on any atom is -0.376 e. The topological polar surface area (TPSA) is 129 Å². The van der Waals surface area contributed by atoms with Crippen molar-refractivity contribution in [2.24, 2.45) is 5.92 Å². The van der Waals surface area contributed by atoms with Crippen molar-refractivity contribution in [2.75, 3.05) is 43.1 Å². The number of rotatable bonds is 11. The molecule has 11 heteroatoms. The van der Waals surface area contributed by atoms with E-state index in [-0.39, 0.29) is 43.1 Å². The van der Waals surface area contributed by atoms with Gasteiger partial charge in [-0.15, -0.1) is 0 Å². The van der Waals surface area contributed by atoms with E-state index in [4.69, 9.17) is 16.9 Å². The van der Waals surface area contributed by atoms with Crippen molar-refractivity contribution in [3.63, 3.8) is 0 Å². The Morgan fingerprint density at radius 1 is 1.16 bits per heavy atom. The molecule has 3 N–H and O–H groups in total. The molecular formula is C32H41ClN6O4. The number of urea groups is 1. The summed E-state index contributed by atoms with van der Waals surface area (Å²) in [4.78, 5) is 45.0. The Bertz CT molecular complexity index is 1370. The molecular weight excluding hydrogens is 568 g/mol. The number of amides is 4. The van der Waals surface area contributed by atoms with Crippen LogP contribution in [0.4, 0.5) is 16.2 Å². The fourth-order valence-corrected chi connectivity index (χ4v) is 5.64. The first-order chi connectivity index (χ1) is 20.6. The molecule has 43 heavy (non-hydrogen) atoms. The number of hydrogen-bond acceptors (Lipinski definition) is 6. The maximum atomic E-state index is 13.7. The van der Waals surface area contributed by atoms with Gasteiger partial charge in [0, 0.05) is 44.0 Å². The van der Waals surface area contributed by atoms with Crippen molar-refractivity contribution in [3.8, 4) is 6.07 Å². The van der Waals surface area contributed by atoms with E-state index in [1.165, 1.54) is 0 Å². The SMILES string of the molecule is CCN(CC1CC1)C(=O)c1cc(NC(=O)N2CCCC(NC(=O)Cc3ccc(C#N)c(Cl)c3)C2)ccc1N(CO)C(C)C. The minimum atomic E-state index is -0.308. The lowest BCUT2D eigenvalue weighted by molar-refractivity contribution is -0.121. The van der Waals surface area contributed by atoms with E-state index in [2.05, 4.69) is 10.6 Å². The summed E-state index contributed by atoms with van der Waals surface area (Å²) < 4.78 is 0. The van der Waals surface area contributed by atoms with Crippen molar-refractivity contribution in [1.82, 2.24) is 15.1 Å². The number of aliphatic hydroxyl groups is 1. The summed E-state index contributed by atoms with van der Waals surface area (Å²) in [7, 11) is 0. The lowest BCUT2D eigenvalue weighted by atomic mass is 10.0. The summed E-state index contributed by atoms with van der Waals surface area (Å²) >= 11 is 6.10. The van der Waals surface area contributed by atoms with Gasteiger partial charge in [0.15, 0.2) is 0 Å². The van der Waals surface area contributed by atoms with Crippen molar-refractivity contribution in [3.05, 3.63) is 58.1 Å². The van der Waals surface area contributed by atoms with Crippen LogP contribution in [0.3, 0.4) is 0 Å². The van der Waals surface area contributed by atoms with Crippen LogP contribution in [-0.2, 0) is 11.2 Å². The number of carbonyl (C=O) groups excluding carboxylic acids is 3. The van der Waals surface area contributed by atoms with E-state index in [1.807, 2.05) is 31.7 Å². The monoisotopic (exact) mass is 608 g/mol. The lowest BCUT2D eigenvalue weighted by Crippen LogP contribution is -2.51. The van der Waals surface area contributed by atoms with E-state index in [0.29, 0.717) is 65.2 Å². The summed E-state index contributed by atoms with van der Waals surface area (Å²) in [6.07, 6.45) is 3.85. The quantitative estimate of drug-likeness (QED) is 0.320. The summed E-state index contributed by atoms with van der Waals surface area (Å²) in [5.74, 6) is 0.227. The second kappa shape index (κ2) is 14.6. The van der Waals surface area contributed by atoms with Gasteiger partial charge in [-0.3, -0.25) is 9.59 Å². The zero-order valence-electron chi connectivity index (χ0n) is 25.1. The van der Waals surface area contributed by atoms with Crippen LogP contribution in [0.15, 0.2) is 36.4 Å². The summed E-state index contributed by atoms with van der Waals surface area (Å²) in [6, 6.07) is 11.6. The van der Waals surface area contributed by atoms with Crippen molar-refractivity contribution >= 4 is 40.8 Å². The highest BCUT2D eigenvalue weighted by atomic mass is 35.5. The van der Waals surface area contributed by atoms with Gasteiger partial charge in [-0.2, -0.15) is 5.26 Å². The Morgan fingerprint density at radius 2 is 1.93 bits per heavy atom. The van der Waals surface area contributed by atoms with Gasteiger partial charge in [-0.05, 0) is 88.3 Å². The fourth-order valence-electron chi connectivity index (χ4n) is 5.40. The van der Waals surface area contributed by atoms with Gasteiger partial charge in [-0.1, -0.05) is 17.7 Å². The second-order valence-corrected chi connectivity index (χ2v) is 12.0. The molecule has 0 spiro atoms. The average Bonchev–Trinajstić information content (AvgIpc) is 3.81. The number of benzene rings is 2. The number of nitriles is 1. The van der Waals surface area contributed by atoms with Gasteiger partial charge < -0.3 is 30.4 Å². The second-order valence-electron chi connectivity index (χ2n) is 11.6. The summed E-state index contributed by atoms with van der Waals surface area (Å²) in [5.41, 5.74) is 2.62. The minimum absolute atomic E-state index is 0.0371. The smallest absolute Gasteiger partial charge is 0.321 e. The van der Waals surface area contributed by atoms with Crippen LogP contribution in [0.2, 0.25) is 5.02 Å².